The maximum absolute atomic E-state index is 11.4. The van der Waals surface area contributed by atoms with Gasteiger partial charge in [0.15, 0.2) is 0 Å². The Morgan fingerprint density at radius 2 is 2.00 bits per heavy atom. The van der Waals surface area contributed by atoms with Crippen molar-refractivity contribution in [1.82, 2.24) is 0 Å². The number of rotatable bonds is 0. The van der Waals surface area contributed by atoms with Crippen molar-refractivity contribution in [3.8, 4) is 0 Å². The topological polar surface area (TPSA) is 17.1 Å². The van der Waals surface area contributed by atoms with Gasteiger partial charge in [-0.05, 0) is 17.8 Å². The Kier molecular flexibility index (Phi) is 0.867. The highest BCUT2D eigenvalue weighted by Gasteiger charge is 2.47. The Bertz CT molecular complexity index is 275. The SMILES string of the molecule is O=C1C[C@@H]2C=C[C@@H]3C=C[C@H]1[C@@H]32. The zero-order chi connectivity index (χ0) is 7.42. The van der Waals surface area contributed by atoms with Crippen LogP contribution in [0.1, 0.15) is 6.42 Å². The second-order valence-electron chi connectivity index (χ2n) is 3.78. The van der Waals surface area contributed by atoms with Crippen LogP contribution in [0, 0.1) is 23.7 Å². The van der Waals surface area contributed by atoms with Crippen molar-refractivity contribution in [2.45, 2.75) is 6.42 Å². The van der Waals surface area contributed by atoms with Gasteiger partial charge in [-0.1, -0.05) is 24.3 Å². The van der Waals surface area contributed by atoms with Crippen LogP contribution in [-0.2, 0) is 4.79 Å². The second kappa shape index (κ2) is 1.66. The Morgan fingerprint density at radius 1 is 1.18 bits per heavy atom. The molecule has 0 bridgehead atoms. The summed E-state index contributed by atoms with van der Waals surface area (Å²) < 4.78 is 0. The first kappa shape index (κ1) is 5.76. The van der Waals surface area contributed by atoms with Crippen LogP contribution in [0.5, 0.6) is 0 Å². The van der Waals surface area contributed by atoms with Gasteiger partial charge in [-0.3, -0.25) is 4.79 Å². The van der Waals surface area contributed by atoms with E-state index < -0.39 is 0 Å². The zero-order valence-electron chi connectivity index (χ0n) is 6.23. The van der Waals surface area contributed by atoms with Gasteiger partial charge in [-0.15, -0.1) is 0 Å². The van der Waals surface area contributed by atoms with Crippen molar-refractivity contribution in [2.24, 2.45) is 23.7 Å². The molecule has 1 nitrogen and oxygen atoms in total. The molecule has 3 aliphatic carbocycles. The standard InChI is InChI=1S/C10H10O/c11-9-5-7-2-1-6-3-4-8(9)10(6)7/h1-4,6-8,10H,5H2/t6-,7+,8-,10+/m1/s1. The van der Waals surface area contributed by atoms with E-state index >= 15 is 0 Å². The Hall–Kier alpha value is -0.850. The quantitative estimate of drug-likeness (QED) is 0.474. The predicted octanol–water partition coefficient (Wildman–Crippen LogP) is 1.56. The summed E-state index contributed by atoms with van der Waals surface area (Å²) in [5.41, 5.74) is 0. The highest BCUT2D eigenvalue weighted by atomic mass is 16.1. The number of carbonyl (C=O) groups excluding carboxylic acids is 1. The third kappa shape index (κ3) is 0.550. The van der Waals surface area contributed by atoms with Gasteiger partial charge in [0.05, 0.1) is 0 Å². The van der Waals surface area contributed by atoms with Crippen LogP contribution in [0.25, 0.3) is 0 Å². The van der Waals surface area contributed by atoms with E-state index in [1.54, 1.807) is 0 Å². The molecule has 0 N–H and O–H groups in total. The van der Waals surface area contributed by atoms with Crippen molar-refractivity contribution in [2.75, 3.05) is 0 Å². The van der Waals surface area contributed by atoms with Crippen molar-refractivity contribution in [3.63, 3.8) is 0 Å². The monoisotopic (exact) mass is 146 g/mol. The molecule has 0 aromatic heterocycles. The Labute approximate surface area is 65.8 Å². The van der Waals surface area contributed by atoms with Crippen LogP contribution in [0.3, 0.4) is 0 Å². The van der Waals surface area contributed by atoms with E-state index in [1.807, 2.05) is 0 Å². The highest BCUT2D eigenvalue weighted by molar-refractivity contribution is 5.87. The smallest absolute Gasteiger partial charge is 0.140 e. The summed E-state index contributed by atoms with van der Waals surface area (Å²) in [6.07, 6.45) is 9.60. The average Bonchev–Trinajstić information content (AvgIpc) is 2.53. The summed E-state index contributed by atoms with van der Waals surface area (Å²) in [6, 6.07) is 0. The predicted molar refractivity (Wildman–Crippen MR) is 41.9 cm³/mol. The molecule has 3 aliphatic rings. The van der Waals surface area contributed by atoms with Gasteiger partial charge in [-0.25, -0.2) is 0 Å². The first-order valence-corrected chi connectivity index (χ1v) is 4.25. The second-order valence-corrected chi connectivity index (χ2v) is 3.78. The molecule has 0 aliphatic heterocycles. The molecule has 0 spiro atoms. The maximum Gasteiger partial charge on any atom is 0.140 e. The van der Waals surface area contributed by atoms with E-state index in [0.29, 0.717) is 23.5 Å². The van der Waals surface area contributed by atoms with Gasteiger partial charge in [0, 0.05) is 12.3 Å². The van der Waals surface area contributed by atoms with Gasteiger partial charge >= 0.3 is 0 Å². The van der Waals surface area contributed by atoms with Crippen molar-refractivity contribution in [1.29, 1.82) is 0 Å². The molecule has 0 heterocycles. The molecule has 56 valence electrons. The molecule has 1 fully saturated rings. The van der Waals surface area contributed by atoms with E-state index in [0.717, 1.165) is 6.42 Å². The zero-order valence-corrected chi connectivity index (χ0v) is 6.23. The van der Waals surface area contributed by atoms with E-state index in [9.17, 15) is 4.79 Å². The van der Waals surface area contributed by atoms with Crippen LogP contribution in [0.15, 0.2) is 24.3 Å². The summed E-state index contributed by atoms with van der Waals surface area (Å²) >= 11 is 0. The average molecular weight is 146 g/mol. The molecule has 4 atom stereocenters. The van der Waals surface area contributed by atoms with Crippen molar-refractivity contribution in [3.05, 3.63) is 24.3 Å². The van der Waals surface area contributed by atoms with Crippen molar-refractivity contribution < 1.29 is 4.79 Å². The summed E-state index contributed by atoms with van der Waals surface area (Å²) in [5, 5.41) is 0. The number of carbonyl (C=O) groups is 1. The van der Waals surface area contributed by atoms with Crippen LogP contribution in [-0.4, -0.2) is 5.78 Å². The fourth-order valence-electron chi connectivity index (χ4n) is 2.78. The summed E-state index contributed by atoms with van der Waals surface area (Å²) in [7, 11) is 0. The largest absolute Gasteiger partial charge is 0.299 e. The van der Waals surface area contributed by atoms with Gasteiger partial charge in [0.2, 0.25) is 0 Å². The normalized spacial score (nSPS) is 50.7. The van der Waals surface area contributed by atoms with Crippen LogP contribution >= 0.6 is 0 Å². The summed E-state index contributed by atoms with van der Waals surface area (Å²) in [6.45, 7) is 0. The third-order valence-corrected chi connectivity index (χ3v) is 3.28. The lowest BCUT2D eigenvalue weighted by Gasteiger charge is -2.12. The molecule has 1 heteroatoms. The minimum absolute atomic E-state index is 0.278. The first-order chi connectivity index (χ1) is 5.36. The maximum atomic E-state index is 11.4. The van der Waals surface area contributed by atoms with Gasteiger partial charge in [0.1, 0.15) is 5.78 Å². The number of ketones is 1. The Morgan fingerprint density at radius 3 is 2.91 bits per heavy atom. The van der Waals surface area contributed by atoms with E-state index in [2.05, 4.69) is 24.3 Å². The fraction of sp³-hybridized carbons (Fsp3) is 0.500. The molecule has 0 unspecified atom stereocenters. The molecule has 3 rings (SSSR count). The van der Waals surface area contributed by atoms with Crippen LogP contribution in [0.2, 0.25) is 0 Å². The van der Waals surface area contributed by atoms with Crippen LogP contribution < -0.4 is 0 Å². The molecule has 11 heavy (non-hydrogen) atoms. The van der Waals surface area contributed by atoms with E-state index in [1.165, 1.54) is 0 Å². The number of hydrogen-bond donors (Lipinski definition) is 0. The molecular formula is C10H10O. The summed E-state index contributed by atoms with van der Waals surface area (Å²) in [5.74, 6) is 2.54. The van der Waals surface area contributed by atoms with Gasteiger partial charge < -0.3 is 0 Å². The van der Waals surface area contributed by atoms with Crippen LogP contribution in [0.4, 0.5) is 0 Å². The Balaban J connectivity index is 2.10. The van der Waals surface area contributed by atoms with Gasteiger partial charge in [-0.2, -0.15) is 0 Å². The molecule has 0 radical (unpaired) electrons. The van der Waals surface area contributed by atoms with E-state index in [4.69, 9.17) is 0 Å². The molecular weight excluding hydrogens is 136 g/mol. The number of hydrogen-bond acceptors (Lipinski definition) is 1. The van der Waals surface area contributed by atoms with Crippen molar-refractivity contribution >= 4 is 5.78 Å². The number of Topliss-reactive ketones (excluding diaryl/α,β-unsaturated/α-hetero) is 1. The van der Waals surface area contributed by atoms with Gasteiger partial charge in [0.25, 0.3) is 0 Å². The molecule has 0 saturated heterocycles. The molecule has 0 aromatic carbocycles. The summed E-state index contributed by atoms with van der Waals surface area (Å²) in [4.78, 5) is 11.4. The molecule has 0 aromatic rings. The molecule has 1 saturated carbocycles. The molecule has 0 amide bonds. The lowest BCUT2D eigenvalue weighted by Crippen LogP contribution is -2.12. The van der Waals surface area contributed by atoms with E-state index in [-0.39, 0.29) is 5.92 Å². The lowest BCUT2D eigenvalue weighted by atomic mass is 9.90. The fourth-order valence-corrected chi connectivity index (χ4v) is 2.78. The minimum Gasteiger partial charge on any atom is -0.299 e. The number of allylic oxidation sites excluding steroid dienone is 4. The lowest BCUT2D eigenvalue weighted by molar-refractivity contribution is -0.119. The first-order valence-electron chi connectivity index (χ1n) is 4.25. The third-order valence-electron chi connectivity index (χ3n) is 3.28. The minimum atomic E-state index is 0.278. The highest BCUT2D eigenvalue weighted by Crippen LogP contribution is 2.49.